The van der Waals surface area contributed by atoms with Crippen molar-refractivity contribution in [2.75, 3.05) is 6.61 Å². The van der Waals surface area contributed by atoms with Gasteiger partial charge in [0.1, 0.15) is 12.1 Å². The molecule has 0 unspecified atom stereocenters. The van der Waals surface area contributed by atoms with Gasteiger partial charge in [0.05, 0.1) is 8.59 Å². The average molecular weight is 418 g/mol. The fraction of sp³-hybridized carbons (Fsp3) is 0.200. The van der Waals surface area contributed by atoms with Crippen LogP contribution in [0.2, 0.25) is 5.02 Å². The third kappa shape index (κ3) is 3.65. The number of ether oxygens (including phenoxy) is 1. The van der Waals surface area contributed by atoms with Gasteiger partial charge in [-0.3, -0.25) is 4.98 Å². The average Bonchev–Trinajstić information content (AvgIpc) is 2.46. The normalized spacial score (nSPS) is 11.7. The second kappa shape index (κ2) is 7.09. The summed E-state index contributed by atoms with van der Waals surface area (Å²) in [6.07, 6.45) is 3.70. The number of benzene rings is 1. The number of pyridine rings is 1. The van der Waals surface area contributed by atoms with Crippen molar-refractivity contribution in [3.05, 3.63) is 44.6 Å². The lowest BCUT2D eigenvalue weighted by atomic mass is 10.2. The molecule has 110 valence electrons. The summed E-state index contributed by atoms with van der Waals surface area (Å²) in [5.41, 5.74) is 1.01. The number of carboxylic acid groups (broad SMARTS) is 1. The molecule has 4 nitrogen and oxygen atoms in total. The van der Waals surface area contributed by atoms with E-state index >= 15 is 0 Å². The molecule has 0 saturated heterocycles. The van der Waals surface area contributed by atoms with E-state index in [1.807, 2.05) is 18.2 Å². The van der Waals surface area contributed by atoms with Crippen molar-refractivity contribution in [3.8, 4) is 5.75 Å². The molecule has 0 bridgehead atoms. The van der Waals surface area contributed by atoms with E-state index in [2.05, 4.69) is 27.6 Å². The van der Waals surface area contributed by atoms with Gasteiger partial charge >= 0.3 is 5.97 Å². The lowest BCUT2D eigenvalue weighted by Crippen LogP contribution is -2.04. The van der Waals surface area contributed by atoms with Crippen molar-refractivity contribution < 1.29 is 14.6 Å². The fourth-order valence-electron chi connectivity index (χ4n) is 1.89. The molecule has 0 spiro atoms. The first-order chi connectivity index (χ1) is 10.0. The molecule has 0 amide bonds. The fourth-order valence-corrected chi connectivity index (χ4v) is 3.06. The Kier molecular flexibility index (Phi) is 5.41. The van der Waals surface area contributed by atoms with Crippen molar-refractivity contribution in [1.82, 2.24) is 4.98 Å². The van der Waals surface area contributed by atoms with E-state index < -0.39 is 5.97 Å². The van der Waals surface area contributed by atoms with Crippen molar-refractivity contribution >= 4 is 51.1 Å². The predicted molar refractivity (Wildman–Crippen MR) is 91.0 cm³/mol. The maximum Gasteiger partial charge on any atom is 0.331 e. The molecular weight excluding hydrogens is 405 g/mol. The Morgan fingerprint density at radius 1 is 1.57 bits per heavy atom. The first kappa shape index (κ1) is 16.0. The number of aliphatic carboxylic acids is 1. The quantitative estimate of drug-likeness (QED) is 0.582. The van der Waals surface area contributed by atoms with Crippen LogP contribution in [0, 0.1) is 3.57 Å². The van der Waals surface area contributed by atoms with Crippen LogP contribution in [0.25, 0.3) is 10.9 Å². The zero-order chi connectivity index (χ0) is 15.4. The van der Waals surface area contributed by atoms with Gasteiger partial charge in [-0.15, -0.1) is 0 Å². The van der Waals surface area contributed by atoms with Gasteiger partial charge in [-0.2, -0.15) is 0 Å². The molecule has 2 rings (SSSR count). The highest BCUT2D eigenvalue weighted by Crippen LogP contribution is 2.34. The summed E-state index contributed by atoms with van der Waals surface area (Å²) in [5, 5.41) is 10.4. The molecule has 0 fully saturated rings. The number of halogens is 2. The summed E-state index contributed by atoms with van der Waals surface area (Å²) in [7, 11) is 0. The maximum absolute atomic E-state index is 10.9. The van der Waals surface area contributed by atoms with Gasteiger partial charge < -0.3 is 9.84 Å². The molecule has 0 aliphatic rings. The number of nitrogens with zero attached hydrogens (tertiary/aromatic N) is 1. The Morgan fingerprint density at radius 3 is 3.00 bits per heavy atom. The maximum atomic E-state index is 10.9. The molecule has 1 aromatic heterocycles. The third-order valence-electron chi connectivity index (χ3n) is 2.96. The molecular formula is C15H13ClINO3. The lowest BCUT2D eigenvalue weighted by molar-refractivity contribution is -0.132. The van der Waals surface area contributed by atoms with E-state index in [-0.39, 0.29) is 6.61 Å². The third-order valence-corrected chi connectivity index (χ3v) is 4.08. The van der Waals surface area contributed by atoms with E-state index in [1.54, 1.807) is 19.2 Å². The van der Waals surface area contributed by atoms with E-state index in [0.717, 1.165) is 8.96 Å². The summed E-state index contributed by atoms with van der Waals surface area (Å²) in [6, 6.07) is 5.49. The zero-order valence-corrected chi connectivity index (χ0v) is 14.2. The van der Waals surface area contributed by atoms with Crippen molar-refractivity contribution in [1.29, 1.82) is 0 Å². The highest BCUT2D eigenvalue weighted by atomic mass is 127. The minimum absolute atomic E-state index is 0.179. The number of hydrogen-bond donors (Lipinski definition) is 1. The van der Waals surface area contributed by atoms with Crippen molar-refractivity contribution in [2.24, 2.45) is 0 Å². The van der Waals surface area contributed by atoms with Crippen LogP contribution in [0.4, 0.5) is 0 Å². The van der Waals surface area contributed by atoms with Crippen molar-refractivity contribution in [3.63, 3.8) is 0 Å². The summed E-state index contributed by atoms with van der Waals surface area (Å²) in [6.45, 7) is 1.97. The molecule has 1 heterocycles. The van der Waals surface area contributed by atoms with Crippen molar-refractivity contribution in [2.45, 2.75) is 13.3 Å². The molecule has 0 atom stereocenters. The highest BCUT2D eigenvalue weighted by molar-refractivity contribution is 14.1. The topological polar surface area (TPSA) is 59.4 Å². The summed E-state index contributed by atoms with van der Waals surface area (Å²) < 4.78 is 6.56. The standard InChI is InChI=1S/C15H13ClINO3/c1-2-9(15(19)20)5-7-21-14-12(17)8-11(16)10-4-3-6-18-13(10)14/h3-6,8H,2,7H2,1H3,(H,19,20). The van der Waals surface area contributed by atoms with Crippen LogP contribution in [-0.4, -0.2) is 22.7 Å². The molecule has 0 aliphatic carbocycles. The second-order valence-electron chi connectivity index (χ2n) is 4.27. The molecule has 0 radical (unpaired) electrons. The summed E-state index contributed by atoms with van der Waals surface area (Å²) in [4.78, 5) is 15.2. The van der Waals surface area contributed by atoms with Gasteiger partial charge in [0.25, 0.3) is 0 Å². The van der Waals surface area contributed by atoms with Crippen LogP contribution < -0.4 is 4.74 Å². The number of carbonyl (C=O) groups is 1. The van der Waals surface area contributed by atoms with Crippen LogP contribution in [0.15, 0.2) is 36.0 Å². The van der Waals surface area contributed by atoms with Crippen LogP contribution in [-0.2, 0) is 4.79 Å². The number of fused-ring (bicyclic) bond motifs is 1. The Bertz CT molecular complexity index is 715. The Hall–Kier alpha value is -1.34. The SMILES string of the molecule is CCC(=CCOc1c(I)cc(Cl)c2cccnc12)C(=O)O. The zero-order valence-electron chi connectivity index (χ0n) is 11.3. The Morgan fingerprint density at radius 2 is 2.33 bits per heavy atom. The van der Waals surface area contributed by atoms with E-state index in [1.165, 1.54) is 0 Å². The Balaban J connectivity index is 2.33. The van der Waals surface area contributed by atoms with Gasteiger partial charge in [0.2, 0.25) is 0 Å². The van der Waals surface area contributed by atoms with Gasteiger partial charge in [-0.25, -0.2) is 4.79 Å². The van der Waals surface area contributed by atoms with E-state index in [9.17, 15) is 4.79 Å². The minimum Gasteiger partial charge on any atom is -0.486 e. The first-order valence-electron chi connectivity index (χ1n) is 6.32. The van der Waals surface area contributed by atoms with Gasteiger partial charge in [0, 0.05) is 17.2 Å². The molecule has 0 saturated carbocycles. The molecule has 6 heteroatoms. The molecule has 21 heavy (non-hydrogen) atoms. The summed E-state index contributed by atoms with van der Waals surface area (Å²) in [5.74, 6) is -0.303. The highest BCUT2D eigenvalue weighted by Gasteiger charge is 2.12. The van der Waals surface area contributed by atoms with Gasteiger partial charge in [-0.1, -0.05) is 18.5 Å². The van der Waals surface area contributed by atoms with E-state index in [0.29, 0.717) is 28.3 Å². The predicted octanol–water partition coefficient (Wildman–Crippen LogP) is 4.29. The Labute approximate surface area is 140 Å². The molecule has 1 aromatic carbocycles. The smallest absolute Gasteiger partial charge is 0.331 e. The van der Waals surface area contributed by atoms with Crippen LogP contribution in [0.5, 0.6) is 5.75 Å². The minimum atomic E-state index is -0.921. The molecule has 1 N–H and O–H groups in total. The van der Waals surface area contributed by atoms with Crippen LogP contribution in [0.3, 0.4) is 0 Å². The van der Waals surface area contributed by atoms with Gasteiger partial charge in [0.15, 0.2) is 5.75 Å². The number of carboxylic acids is 1. The monoisotopic (exact) mass is 417 g/mol. The summed E-state index contributed by atoms with van der Waals surface area (Å²) >= 11 is 8.32. The number of hydrogen-bond acceptors (Lipinski definition) is 3. The lowest BCUT2D eigenvalue weighted by Gasteiger charge is -2.11. The first-order valence-corrected chi connectivity index (χ1v) is 7.78. The van der Waals surface area contributed by atoms with Crippen LogP contribution >= 0.6 is 34.2 Å². The van der Waals surface area contributed by atoms with E-state index in [4.69, 9.17) is 21.4 Å². The molecule has 0 aliphatic heterocycles. The molecule has 2 aromatic rings. The second-order valence-corrected chi connectivity index (χ2v) is 5.84. The number of rotatable bonds is 5. The van der Waals surface area contributed by atoms with Gasteiger partial charge in [-0.05, 0) is 53.3 Å². The largest absolute Gasteiger partial charge is 0.486 e. The van der Waals surface area contributed by atoms with Crippen LogP contribution in [0.1, 0.15) is 13.3 Å². The number of aromatic nitrogens is 1.